The number of hydrogen-bond acceptors (Lipinski definition) is 3. The minimum absolute atomic E-state index is 0.137. The summed E-state index contributed by atoms with van der Waals surface area (Å²) in [5.41, 5.74) is 3.01. The summed E-state index contributed by atoms with van der Waals surface area (Å²) < 4.78 is 6.11. The van der Waals surface area contributed by atoms with Crippen LogP contribution in [0.2, 0.25) is 0 Å². The Morgan fingerprint density at radius 1 is 1.12 bits per heavy atom. The first-order chi connectivity index (χ1) is 12.5. The molecule has 0 radical (unpaired) electrons. The normalized spacial score (nSPS) is 18.2. The van der Waals surface area contributed by atoms with Crippen LogP contribution >= 0.6 is 0 Å². The molecule has 1 aromatic heterocycles. The van der Waals surface area contributed by atoms with Crippen molar-refractivity contribution in [2.75, 3.05) is 11.9 Å². The molecule has 0 saturated carbocycles. The van der Waals surface area contributed by atoms with Crippen molar-refractivity contribution in [3.63, 3.8) is 0 Å². The summed E-state index contributed by atoms with van der Waals surface area (Å²) in [6.07, 6.45) is 4.48. The number of para-hydroxylation sites is 1. The van der Waals surface area contributed by atoms with Crippen molar-refractivity contribution in [2.24, 2.45) is 0 Å². The topological polar surface area (TPSA) is 54.5 Å². The second-order valence-electron chi connectivity index (χ2n) is 7.77. The summed E-state index contributed by atoms with van der Waals surface area (Å²) >= 11 is 0. The maximum absolute atomic E-state index is 12.9. The quantitative estimate of drug-likeness (QED) is 0.839. The number of fused-ring (bicyclic) bond motifs is 2. The van der Waals surface area contributed by atoms with Crippen LogP contribution in [0, 0.1) is 0 Å². The Hall–Kier alpha value is -2.56. The fourth-order valence-corrected chi connectivity index (χ4v) is 3.77. The van der Waals surface area contributed by atoms with E-state index in [4.69, 9.17) is 4.74 Å². The van der Waals surface area contributed by atoms with Crippen molar-refractivity contribution < 1.29 is 9.53 Å². The number of pyridine rings is 1. The number of nitrogens with one attached hydrogen (secondary N) is 1. The third-order valence-corrected chi connectivity index (χ3v) is 4.99. The van der Waals surface area contributed by atoms with Gasteiger partial charge < -0.3 is 9.64 Å². The van der Waals surface area contributed by atoms with Crippen LogP contribution in [-0.4, -0.2) is 28.1 Å². The van der Waals surface area contributed by atoms with E-state index < -0.39 is 5.60 Å². The van der Waals surface area contributed by atoms with E-state index in [1.165, 1.54) is 18.4 Å². The molecule has 1 aliphatic heterocycles. The Balaban J connectivity index is 1.54. The largest absolute Gasteiger partial charge is 0.486 e. The zero-order valence-electron chi connectivity index (χ0n) is 15.4. The van der Waals surface area contributed by atoms with Gasteiger partial charge in [-0.3, -0.25) is 5.32 Å². The van der Waals surface area contributed by atoms with E-state index in [1.54, 1.807) is 4.90 Å². The van der Waals surface area contributed by atoms with Gasteiger partial charge in [-0.05, 0) is 57.2 Å². The number of urea groups is 1. The molecule has 0 unspecified atom stereocenters. The van der Waals surface area contributed by atoms with Crippen LogP contribution in [0.5, 0.6) is 5.75 Å². The Labute approximate surface area is 154 Å². The number of nitrogens with zero attached hydrogens (tertiary/aromatic N) is 2. The van der Waals surface area contributed by atoms with E-state index in [1.807, 2.05) is 44.2 Å². The average Bonchev–Trinajstić information content (AvgIpc) is 2.76. The molecule has 5 heteroatoms. The number of ether oxygens (including phenoxy) is 1. The summed E-state index contributed by atoms with van der Waals surface area (Å²) in [7, 11) is 0. The number of anilines is 1. The fourth-order valence-electron chi connectivity index (χ4n) is 3.77. The van der Waals surface area contributed by atoms with Crippen molar-refractivity contribution in [1.82, 2.24) is 9.88 Å². The van der Waals surface area contributed by atoms with Crippen LogP contribution in [0.15, 0.2) is 36.4 Å². The molecule has 0 bridgehead atoms. The Kier molecular flexibility index (Phi) is 4.31. The second kappa shape index (κ2) is 6.63. The number of carbonyl (C=O) groups excluding carboxylic acids is 1. The van der Waals surface area contributed by atoms with Gasteiger partial charge in [-0.15, -0.1) is 0 Å². The molecule has 0 spiro atoms. The number of rotatable bonds is 1. The molecule has 1 N–H and O–H groups in total. The van der Waals surface area contributed by atoms with Crippen molar-refractivity contribution in [2.45, 2.75) is 51.7 Å². The first-order valence-corrected chi connectivity index (χ1v) is 9.32. The van der Waals surface area contributed by atoms with Crippen LogP contribution in [0.4, 0.5) is 10.6 Å². The van der Waals surface area contributed by atoms with E-state index in [-0.39, 0.29) is 6.03 Å². The smallest absolute Gasteiger partial charge is 0.323 e. The molecular formula is C21H25N3O2. The number of benzene rings is 1. The molecule has 0 fully saturated rings. The lowest BCUT2D eigenvalue weighted by Crippen LogP contribution is -2.45. The van der Waals surface area contributed by atoms with Crippen LogP contribution < -0.4 is 10.1 Å². The summed E-state index contributed by atoms with van der Waals surface area (Å²) in [6.45, 7) is 5.05. The molecule has 2 aliphatic rings. The van der Waals surface area contributed by atoms with E-state index >= 15 is 0 Å². The van der Waals surface area contributed by atoms with Crippen molar-refractivity contribution in [1.29, 1.82) is 0 Å². The lowest BCUT2D eigenvalue weighted by atomic mass is 9.96. The summed E-state index contributed by atoms with van der Waals surface area (Å²) in [5.74, 6) is 1.48. The van der Waals surface area contributed by atoms with Gasteiger partial charge in [0, 0.05) is 11.3 Å². The van der Waals surface area contributed by atoms with Crippen molar-refractivity contribution >= 4 is 11.8 Å². The monoisotopic (exact) mass is 351 g/mol. The SMILES string of the molecule is CC1(C)CN(C(=O)Nc2ccc3c(n2)CCCC3)Cc2ccccc2O1. The molecule has 136 valence electrons. The third kappa shape index (κ3) is 3.52. The highest BCUT2D eigenvalue weighted by Gasteiger charge is 2.31. The molecule has 26 heavy (non-hydrogen) atoms. The summed E-state index contributed by atoms with van der Waals surface area (Å²) in [5, 5.41) is 2.98. The van der Waals surface area contributed by atoms with E-state index in [0.717, 1.165) is 29.8 Å². The first-order valence-electron chi connectivity index (χ1n) is 9.32. The minimum Gasteiger partial charge on any atom is -0.486 e. The van der Waals surface area contributed by atoms with Gasteiger partial charge >= 0.3 is 6.03 Å². The van der Waals surface area contributed by atoms with Crippen LogP contribution in [-0.2, 0) is 19.4 Å². The zero-order valence-corrected chi connectivity index (χ0v) is 15.4. The second-order valence-corrected chi connectivity index (χ2v) is 7.77. The maximum atomic E-state index is 12.9. The highest BCUT2D eigenvalue weighted by atomic mass is 16.5. The van der Waals surface area contributed by atoms with Gasteiger partial charge in [-0.25, -0.2) is 9.78 Å². The zero-order chi connectivity index (χ0) is 18.1. The van der Waals surface area contributed by atoms with Crippen molar-refractivity contribution in [3.8, 4) is 5.75 Å². The predicted molar refractivity (Wildman–Crippen MR) is 101 cm³/mol. The molecule has 1 aromatic carbocycles. The molecular weight excluding hydrogens is 326 g/mol. The van der Waals surface area contributed by atoms with E-state index in [2.05, 4.69) is 16.4 Å². The third-order valence-electron chi connectivity index (χ3n) is 4.99. The Morgan fingerprint density at radius 2 is 1.92 bits per heavy atom. The van der Waals surface area contributed by atoms with Crippen LogP contribution in [0.25, 0.3) is 0 Å². The van der Waals surface area contributed by atoms with Crippen LogP contribution in [0.3, 0.4) is 0 Å². The number of hydrogen-bond donors (Lipinski definition) is 1. The summed E-state index contributed by atoms with van der Waals surface area (Å²) in [6, 6.07) is 11.8. The molecule has 0 saturated heterocycles. The number of carbonyl (C=O) groups is 1. The minimum atomic E-state index is -0.451. The van der Waals surface area contributed by atoms with E-state index in [0.29, 0.717) is 18.9 Å². The molecule has 1 aliphatic carbocycles. The highest BCUT2D eigenvalue weighted by molar-refractivity contribution is 5.88. The van der Waals surface area contributed by atoms with Gasteiger partial charge in [0.15, 0.2) is 0 Å². The predicted octanol–water partition coefficient (Wildman–Crippen LogP) is 4.17. The summed E-state index contributed by atoms with van der Waals surface area (Å²) in [4.78, 5) is 19.4. The van der Waals surface area contributed by atoms with Gasteiger partial charge in [0.05, 0.1) is 13.1 Å². The molecule has 2 aromatic rings. The van der Waals surface area contributed by atoms with E-state index in [9.17, 15) is 4.79 Å². The first kappa shape index (κ1) is 16.9. The van der Waals surface area contributed by atoms with Gasteiger partial charge in [0.25, 0.3) is 0 Å². The fraction of sp³-hybridized carbons (Fsp3) is 0.429. The molecule has 4 rings (SSSR count). The lowest BCUT2D eigenvalue weighted by Gasteiger charge is -2.29. The highest BCUT2D eigenvalue weighted by Crippen LogP contribution is 2.29. The number of aromatic nitrogens is 1. The van der Waals surface area contributed by atoms with Gasteiger partial charge in [-0.2, -0.15) is 0 Å². The number of aryl methyl sites for hydroxylation is 2. The molecule has 5 nitrogen and oxygen atoms in total. The van der Waals surface area contributed by atoms with Crippen LogP contribution in [0.1, 0.15) is 43.5 Å². The molecule has 2 amide bonds. The Bertz CT molecular complexity index is 832. The standard InChI is InChI=1S/C21H25N3O2/c1-21(2)14-24(13-16-8-4-6-10-18(16)26-21)20(25)23-19-12-11-15-7-3-5-9-17(15)22-19/h4,6,8,10-12H,3,5,7,9,13-14H2,1-2H3,(H,22,23,25). The molecule has 2 heterocycles. The van der Waals surface area contributed by atoms with Gasteiger partial charge in [0.1, 0.15) is 17.2 Å². The van der Waals surface area contributed by atoms with Gasteiger partial charge in [0.2, 0.25) is 0 Å². The van der Waals surface area contributed by atoms with Gasteiger partial charge in [-0.1, -0.05) is 24.3 Å². The van der Waals surface area contributed by atoms with Crippen molar-refractivity contribution in [3.05, 3.63) is 53.2 Å². The lowest BCUT2D eigenvalue weighted by molar-refractivity contribution is 0.0834. The average molecular weight is 351 g/mol. The number of amides is 2. The molecule has 0 atom stereocenters. The Morgan fingerprint density at radius 3 is 2.81 bits per heavy atom. The maximum Gasteiger partial charge on any atom is 0.323 e.